The number of nitrogens with zero attached hydrogens (tertiary/aromatic N) is 8. The predicted molar refractivity (Wildman–Crippen MR) is 192 cm³/mol. The molecule has 0 unspecified atom stereocenters. The molecule has 9 rings (SSSR count). The Kier molecular flexibility index (Phi) is 8.11. The van der Waals surface area contributed by atoms with Gasteiger partial charge < -0.3 is 19.1 Å². The Morgan fingerprint density at radius 3 is 2.77 bits per heavy atom. The summed E-state index contributed by atoms with van der Waals surface area (Å²) in [5.74, 6) is 0.700. The Balaban J connectivity index is 1.05. The molecule has 52 heavy (non-hydrogen) atoms. The van der Waals surface area contributed by atoms with Gasteiger partial charge >= 0.3 is 6.01 Å². The summed E-state index contributed by atoms with van der Waals surface area (Å²) in [6.07, 6.45) is 6.59. The number of pyridine rings is 1. The molecular weight excluding hydrogens is 690 g/mol. The Morgan fingerprint density at radius 1 is 1.13 bits per heavy atom. The van der Waals surface area contributed by atoms with E-state index in [1.807, 2.05) is 43.0 Å². The summed E-state index contributed by atoms with van der Waals surface area (Å²) in [5, 5.41) is 6.44. The fourth-order valence-corrected chi connectivity index (χ4v) is 8.90. The molecule has 3 aromatic heterocycles. The SMILES string of the molecule is CC(C)c1noc(/C=C/C(=O)N2C[C@@H]3C[C@H]2CN3c2nc(OC[C@@]34CCCN3C[C@H](F)C4)nc3c(F)c(-c4cccc5cccc(Cl)c45)ncc23)n1. The smallest absolute Gasteiger partial charge is 0.319 e. The maximum Gasteiger partial charge on any atom is 0.319 e. The number of anilines is 1. The van der Waals surface area contributed by atoms with Gasteiger partial charge in [0, 0.05) is 66.3 Å². The third-order valence-electron chi connectivity index (χ3n) is 11.1. The first-order valence-corrected chi connectivity index (χ1v) is 18.2. The fraction of sp³-hybridized carbons (Fsp3) is 0.421. The second-order valence-electron chi connectivity index (χ2n) is 14.7. The predicted octanol–water partition coefficient (Wildman–Crippen LogP) is 6.60. The van der Waals surface area contributed by atoms with Gasteiger partial charge in [0.2, 0.25) is 5.91 Å². The zero-order valence-corrected chi connectivity index (χ0v) is 29.6. The Hall–Kier alpha value is -4.75. The highest BCUT2D eigenvalue weighted by Gasteiger charge is 2.50. The molecule has 0 aliphatic carbocycles. The van der Waals surface area contributed by atoms with Crippen molar-refractivity contribution in [2.45, 2.75) is 69.2 Å². The lowest BCUT2D eigenvalue weighted by atomic mass is 9.95. The monoisotopic (exact) mass is 726 g/mol. The van der Waals surface area contributed by atoms with E-state index in [1.165, 1.54) is 6.08 Å². The van der Waals surface area contributed by atoms with Gasteiger partial charge in [-0.3, -0.25) is 14.7 Å². The normalized spacial score (nSPS) is 24.4. The molecule has 268 valence electrons. The molecular formula is C38H37ClF2N8O3. The highest BCUT2D eigenvalue weighted by atomic mass is 35.5. The summed E-state index contributed by atoms with van der Waals surface area (Å²) in [6, 6.07) is 11.0. The number of carbonyl (C=O) groups is 1. The molecule has 11 nitrogen and oxygen atoms in total. The number of likely N-dealkylation sites (tertiary alicyclic amines) is 1. The van der Waals surface area contributed by atoms with E-state index in [9.17, 15) is 9.18 Å². The van der Waals surface area contributed by atoms with E-state index in [0.29, 0.717) is 59.1 Å². The molecule has 1 amide bonds. The van der Waals surface area contributed by atoms with Crippen molar-refractivity contribution in [3.63, 3.8) is 0 Å². The minimum absolute atomic E-state index is 0.0250. The lowest BCUT2D eigenvalue weighted by Crippen LogP contribution is -2.48. The molecule has 0 radical (unpaired) electrons. The number of hydrogen-bond donors (Lipinski definition) is 0. The third kappa shape index (κ3) is 5.56. The minimum atomic E-state index is -0.916. The van der Waals surface area contributed by atoms with Gasteiger partial charge in [-0.2, -0.15) is 15.0 Å². The third-order valence-corrected chi connectivity index (χ3v) is 11.4. The van der Waals surface area contributed by atoms with E-state index >= 15 is 4.39 Å². The summed E-state index contributed by atoms with van der Waals surface area (Å²) in [5.41, 5.74) is 0.308. The lowest BCUT2D eigenvalue weighted by molar-refractivity contribution is -0.127. The highest BCUT2D eigenvalue weighted by molar-refractivity contribution is 6.36. The topological polar surface area (TPSA) is 114 Å². The summed E-state index contributed by atoms with van der Waals surface area (Å²) in [4.78, 5) is 37.9. The van der Waals surface area contributed by atoms with Crippen molar-refractivity contribution in [3.8, 4) is 17.3 Å². The van der Waals surface area contributed by atoms with Crippen LogP contribution in [0, 0.1) is 5.82 Å². The number of piperazine rings is 1. The maximum atomic E-state index is 16.9. The Bertz CT molecular complexity index is 2240. The average molecular weight is 727 g/mol. The summed E-state index contributed by atoms with van der Waals surface area (Å²) in [6.45, 7) is 6.29. The van der Waals surface area contributed by atoms with E-state index in [4.69, 9.17) is 25.8 Å². The molecule has 2 bridgehead atoms. The van der Waals surface area contributed by atoms with E-state index < -0.39 is 17.5 Å². The van der Waals surface area contributed by atoms with Crippen molar-refractivity contribution < 1.29 is 22.8 Å². The molecule has 14 heteroatoms. The van der Waals surface area contributed by atoms with Crippen LogP contribution in [0.15, 0.2) is 53.2 Å². The van der Waals surface area contributed by atoms with Crippen LogP contribution < -0.4 is 9.64 Å². The van der Waals surface area contributed by atoms with Gasteiger partial charge in [-0.25, -0.2) is 8.78 Å². The number of hydrogen-bond acceptors (Lipinski definition) is 10. The van der Waals surface area contributed by atoms with E-state index in [0.717, 1.165) is 31.2 Å². The second kappa shape index (κ2) is 12.7. The molecule has 5 aromatic rings. The quantitative estimate of drug-likeness (QED) is 0.162. The summed E-state index contributed by atoms with van der Waals surface area (Å²) >= 11 is 6.63. The van der Waals surface area contributed by atoms with Crippen LogP contribution in [-0.2, 0) is 4.79 Å². The van der Waals surface area contributed by atoms with E-state index in [2.05, 4.69) is 29.9 Å². The molecule has 0 spiro atoms. The first-order valence-electron chi connectivity index (χ1n) is 17.8. The van der Waals surface area contributed by atoms with Gasteiger partial charge in [-0.05, 0) is 37.3 Å². The number of halogens is 3. The van der Waals surface area contributed by atoms with E-state index in [1.54, 1.807) is 24.4 Å². The van der Waals surface area contributed by atoms with Gasteiger partial charge in [0.1, 0.15) is 29.8 Å². The van der Waals surface area contributed by atoms with Crippen molar-refractivity contribution in [2.75, 3.05) is 37.7 Å². The van der Waals surface area contributed by atoms with Crippen LogP contribution in [0.4, 0.5) is 14.6 Å². The molecule has 4 saturated heterocycles. The van der Waals surface area contributed by atoms with Crippen molar-refractivity contribution in [3.05, 3.63) is 71.2 Å². The van der Waals surface area contributed by atoms with Crippen molar-refractivity contribution in [1.82, 2.24) is 34.9 Å². The standard InChI is InChI=1S/C38H37ClF2N8O3/c1-21(2)35-43-29(52-46-35)10-11-30(50)48-18-25-14-24(48)19-49(25)36-27-16-42-33(26-8-3-6-22-7-4-9-28(39)31(22)26)32(41)34(27)44-37(45-36)51-20-38-12-5-13-47(38)17-23(40)15-38/h3-4,6-11,16,21,23-25H,5,12-15,17-20H2,1-2H3/b11-10+/t23-,24+,25+,38+/m1/s1. The number of aromatic nitrogens is 5. The molecule has 4 aliphatic rings. The summed E-state index contributed by atoms with van der Waals surface area (Å²) in [7, 11) is 0. The van der Waals surface area contributed by atoms with E-state index in [-0.39, 0.29) is 53.6 Å². The number of fused-ring (bicyclic) bond motifs is 5. The van der Waals surface area contributed by atoms with Crippen molar-refractivity contribution >= 4 is 51.1 Å². The zero-order chi connectivity index (χ0) is 35.7. The highest BCUT2D eigenvalue weighted by Crippen LogP contribution is 2.43. The van der Waals surface area contributed by atoms with Crippen LogP contribution in [0.2, 0.25) is 5.02 Å². The fourth-order valence-electron chi connectivity index (χ4n) is 8.62. The van der Waals surface area contributed by atoms with Crippen LogP contribution in [0.5, 0.6) is 6.01 Å². The van der Waals surface area contributed by atoms with Crippen LogP contribution in [0.25, 0.3) is 39.0 Å². The molecule has 4 atom stereocenters. The molecule has 2 aromatic carbocycles. The molecule has 0 N–H and O–H groups in total. The largest absolute Gasteiger partial charge is 0.461 e. The number of benzene rings is 2. The molecule has 4 aliphatic heterocycles. The van der Waals surface area contributed by atoms with Gasteiger partial charge in [0.15, 0.2) is 11.6 Å². The molecule has 7 heterocycles. The van der Waals surface area contributed by atoms with Crippen LogP contribution in [0.1, 0.15) is 57.2 Å². The van der Waals surface area contributed by atoms with Gasteiger partial charge in [-0.15, -0.1) is 0 Å². The zero-order valence-electron chi connectivity index (χ0n) is 28.8. The lowest BCUT2D eigenvalue weighted by Gasteiger charge is -2.35. The maximum absolute atomic E-state index is 16.9. The number of ether oxygens (including phenoxy) is 1. The Labute approximate surface area is 303 Å². The number of carbonyl (C=O) groups excluding carboxylic acids is 1. The molecule has 4 fully saturated rings. The van der Waals surface area contributed by atoms with Crippen LogP contribution in [-0.4, -0.2) is 97.4 Å². The number of rotatable bonds is 8. The second-order valence-corrected chi connectivity index (χ2v) is 15.1. The average Bonchev–Trinajstić information content (AvgIpc) is 3.97. The number of alkyl halides is 1. The number of amides is 1. The summed E-state index contributed by atoms with van der Waals surface area (Å²) < 4.78 is 43.1. The minimum Gasteiger partial charge on any atom is -0.461 e. The van der Waals surface area contributed by atoms with Gasteiger partial charge in [0.05, 0.1) is 23.0 Å². The van der Waals surface area contributed by atoms with Gasteiger partial charge in [0.25, 0.3) is 5.89 Å². The van der Waals surface area contributed by atoms with Crippen LogP contribution >= 0.6 is 11.6 Å². The van der Waals surface area contributed by atoms with Crippen LogP contribution in [0.3, 0.4) is 0 Å². The van der Waals surface area contributed by atoms with Crippen molar-refractivity contribution in [1.29, 1.82) is 0 Å². The first-order chi connectivity index (χ1) is 25.2. The van der Waals surface area contributed by atoms with Gasteiger partial charge in [-0.1, -0.05) is 60.9 Å². The Morgan fingerprint density at radius 2 is 1.98 bits per heavy atom. The first kappa shape index (κ1) is 33.1. The molecule has 0 saturated carbocycles. The van der Waals surface area contributed by atoms with Crippen molar-refractivity contribution in [2.24, 2.45) is 0 Å².